The van der Waals surface area contributed by atoms with Gasteiger partial charge in [0.15, 0.2) is 17.9 Å². The molecule has 3 heterocycles. The van der Waals surface area contributed by atoms with Crippen molar-refractivity contribution in [2.45, 2.75) is 57.0 Å². The third-order valence-electron chi connectivity index (χ3n) is 7.05. The Labute approximate surface area is 265 Å². The molecule has 2 aromatic heterocycles. The van der Waals surface area contributed by atoms with Gasteiger partial charge in [-0.15, -0.1) is 0 Å². The minimum Gasteiger partial charge on any atom is -0.496 e. The molecule has 0 radical (unpaired) electrons. The van der Waals surface area contributed by atoms with E-state index in [4.69, 9.17) is 29.0 Å². The number of nitrogens with one attached hydrogen (secondary N) is 1. The zero-order chi connectivity index (χ0) is 34.7. The number of ether oxygens (including phenoxy) is 3. The summed E-state index contributed by atoms with van der Waals surface area (Å²) in [5.41, 5.74) is 4.84. The number of para-hydroxylation sites is 1. The summed E-state index contributed by atoms with van der Waals surface area (Å²) in [5, 5.41) is 23.9. The minimum atomic E-state index is -4.63. The first-order valence-electron chi connectivity index (χ1n) is 13.8. The smallest absolute Gasteiger partial charge is 0.434 e. The predicted molar refractivity (Wildman–Crippen MR) is 156 cm³/mol. The van der Waals surface area contributed by atoms with Crippen LogP contribution in [-0.4, -0.2) is 73.0 Å². The fourth-order valence-electron chi connectivity index (χ4n) is 4.56. The van der Waals surface area contributed by atoms with Crippen LogP contribution in [0.5, 0.6) is 5.75 Å². The number of nitrogens with zero attached hydrogens (tertiary/aromatic N) is 5. The lowest BCUT2D eigenvalue weighted by molar-refractivity contribution is -0.396. The van der Waals surface area contributed by atoms with Gasteiger partial charge in [-0.2, -0.15) is 13.8 Å². The highest BCUT2D eigenvalue weighted by Crippen LogP contribution is 2.48. The Morgan fingerprint density at radius 1 is 1.30 bits per heavy atom. The molecular weight excluding hydrogens is 655 g/mol. The number of aliphatic hydroxyl groups excluding tert-OH is 1. The summed E-state index contributed by atoms with van der Waals surface area (Å²) < 4.78 is 72.5. The SMILES string of the molecule is COc1ccccc1COP(=O)(N[C@@H](C)C(=O)OC(C)c1cnc([N+](=O)[O-])n1C)OCC1O[C@@H](n2ccc(N)nc2=O)C(F)(F)C1O. The first kappa shape index (κ1) is 35.5. The molecule has 0 bridgehead atoms. The maximum absolute atomic E-state index is 15.1. The molecule has 0 aliphatic carbocycles. The summed E-state index contributed by atoms with van der Waals surface area (Å²) in [4.78, 5) is 42.6. The molecule has 4 N–H and O–H groups in total. The molecule has 4 rings (SSSR count). The van der Waals surface area contributed by atoms with E-state index in [0.717, 1.165) is 23.0 Å². The first-order chi connectivity index (χ1) is 22.1. The summed E-state index contributed by atoms with van der Waals surface area (Å²) in [6, 6.07) is 6.15. The summed E-state index contributed by atoms with van der Waals surface area (Å²) in [7, 11) is -1.89. The second-order valence-electron chi connectivity index (χ2n) is 10.3. The largest absolute Gasteiger partial charge is 0.496 e. The number of hydrogen-bond donors (Lipinski definition) is 3. The number of nitrogens with two attached hydrogens (primary N) is 1. The number of imidazole rings is 1. The number of esters is 1. The van der Waals surface area contributed by atoms with Crippen LogP contribution in [0.2, 0.25) is 0 Å². The van der Waals surface area contributed by atoms with Crippen LogP contribution < -0.4 is 21.2 Å². The molecule has 6 atom stereocenters. The first-order valence-corrected chi connectivity index (χ1v) is 15.3. The number of alkyl halides is 2. The topological polar surface area (TPSA) is 234 Å². The van der Waals surface area contributed by atoms with Gasteiger partial charge in [0.1, 0.15) is 29.9 Å². The van der Waals surface area contributed by atoms with E-state index in [0.29, 0.717) is 15.9 Å². The number of benzene rings is 1. The molecule has 0 spiro atoms. The third-order valence-corrected chi connectivity index (χ3v) is 8.71. The molecule has 1 aromatic carbocycles. The summed E-state index contributed by atoms with van der Waals surface area (Å²) in [5.74, 6) is -5.39. The van der Waals surface area contributed by atoms with Gasteiger partial charge in [0, 0.05) is 11.8 Å². The lowest BCUT2D eigenvalue weighted by atomic mass is 10.1. The molecule has 0 saturated carbocycles. The van der Waals surface area contributed by atoms with Gasteiger partial charge >= 0.3 is 31.3 Å². The van der Waals surface area contributed by atoms with Crippen LogP contribution in [0.25, 0.3) is 0 Å². The molecule has 0 amide bonds. The Hall–Kier alpha value is -4.33. The van der Waals surface area contributed by atoms with Crippen molar-refractivity contribution in [1.29, 1.82) is 0 Å². The van der Waals surface area contributed by atoms with E-state index in [1.807, 2.05) is 0 Å². The number of rotatable bonds is 14. The molecule has 1 saturated heterocycles. The van der Waals surface area contributed by atoms with Crippen LogP contribution in [0.1, 0.15) is 37.4 Å². The predicted octanol–water partition coefficient (Wildman–Crippen LogP) is 1.99. The standard InChI is InChI=1S/C26H32F2N7O11P/c1-14(22(37)45-15(2)17-11-30-24(33(17)3)35(39)40)32-47(41,43-12-16-7-5-6-8-18(16)42-4)44-13-19-21(36)26(27,28)23(46-19)34-10-9-20(29)31-25(34)38/h5-11,14-15,19,21,23,36H,12-13H2,1-4H3,(H,32,41)(H2,29,31,38)/t14-,15?,19?,21?,23+,47?/m0/s1. The minimum absolute atomic E-state index is 0.183. The van der Waals surface area contributed by atoms with Crippen molar-refractivity contribution in [3.8, 4) is 5.75 Å². The number of carbonyl (C=O) groups is 1. The van der Waals surface area contributed by atoms with Crippen LogP contribution in [0.15, 0.2) is 47.5 Å². The van der Waals surface area contributed by atoms with Crippen LogP contribution in [0.4, 0.5) is 20.5 Å². The number of carbonyl (C=O) groups excluding carboxylic acids is 1. The third kappa shape index (κ3) is 7.80. The van der Waals surface area contributed by atoms with Crippen molar-refractivity contribution in [2.24, 2.45) is 7.05 Å². The van der Waals surface area contributed by atoms with Gasteiger partial charge in [-0.25, -0.2) is 19.0 Å². The Kier molecular flexibility index (Phi) is 10.7. The number of hydrogen-bond acceptors (Lipinski definition) is 14. The number of anilines is 1. The van der Waals surface area contributed by atoms with Gasteiger partial charge < -0.3 is 35.2 Å². The van der Waals surface area contributed by atoms with Gasteiger partial charge in [-0.1, -0.05) is 23.2 Å². The highest BCUT2D eigenvalue weighted by molar-refractivity contribution is 7.51. The fraction of sp³-hybridized carbons (Fsp3) is 0.462. The van der Waals surface area contributed by atoms with Gasteiger partial charge in [-0.05, 0) is 30.9 Å². The molecule has 256 valence electrons. The molecular formula is C26H32F2N7O11P. The number of aromatic nitrogens is 4. The van der Waals surface area contributed by atoms with E-state index >= 15 is 8.78 Å². The van der Waals surface area contributed by atoms with Crippen LogP contribution in [-0.2, 0) is 41.5 Å². The Balaban J connectivity index is 1.52. The molecule has 21 heteroatoms. The number of nitro groups is 1. The van der Waals surface area contributed by atoms with Gasteiger partial charge in [0.25, 0.3) is 0 Å². The van der Waals surface area contributed by atoms with E-state index < -0.39 is 80.0 Å². The zero-order valence-corrected chi connectivity index (χ0v) is 26.3. The quantitative estimate of drug-likeness (QED) is 0.0951. The molecule has 4 unspecified atom stereocenters. The maximum atomic E-state index is 15.1. The number of halogens is 2. The van der Waals surface area contributed by atoms with Crippen molar-refractivity contribution in [1.82, 2.24) is 24.2 Å². The van der Waals surface area contributed by atoms with Crippen LogP contribution in [0, 0.1) is 10.1 Å². The average Bonchev–Trinajstić information content (AvgIpc) is 3.51. The van der Waals surface area contributed by atoms with Crippen molar-refractivity contribution in [3.63, 3.8) is 0 Å². The van der Waals surface area contributed by atoms with Gasteiger partial charge in [-0.3, -0.25) is 18.4 Å². The summed E-state index contributed by atoms with van der Waals surface area (Å²) in [6.07, 6.45) is -5.66. The van der Waals surface area contributed by atoms with Crippen molar-refractivity contribution in [3.05, 3.63) is 74.6 Å². The van der Waals surface area contributed by atoms with E-state index in [1.165, 1.54) is 28.0 Å². The molecule has 1 aliphatic rings. The van der Waals surface area contributed by atoms with E-state index in [-0.39, 0.29) is 11.5 Å². The molecule has 1 aliphatic heterocycles. The second kappa shape index (κ2) is 14.2. The normalized spacial score (nSPS) is 21.5. The lowest BCUT2D eigenvalue weighted by Gasteiger charge is -2.25. The average molecular weight is 688 g/mol. The molecule has 1 fully saturated rings. The van der Waals surface area contributed by atoms with Crippen LogP contribution >= 0.6 is 7.75 Å². The Morgan fingerprint density at radius 2 is 2.00 bits per heavy atom. The highest BCUT2D eigenvalue weighted by Gasteiger charge is 2.60. The number of aliphatic hydroxyl groups is 1. The number of nitrogen functional groups attached to an aromatic ring is 1. The monoisotopic (exact) mass is 687 g/mol. The Bertz CT molecular complexity index is 1720. The van der Waals surface area contributed by atoms with Crippen molar-refractivity contribution < 1.29 is 51.4 Å². The fourth-order valence-corrected chi connectivity index (χ4v) is 6.01. The Morgan fingerprint density at radius 3 is 2.64 bits per heavy atom. The van der Waals surface area contributed by atoms with E-state index in [1.54, 1.807) is 24.3 Å². The second-order valence-corrected chi connectivity index (χ2v) is 12.1. The van der Waals surface area contributed by atoms with Crippen molar-refractivity contribution in [2.75, 3.05) is 19.5 Å². The van der Waals surface area contributed by atoms with E-state index in [2.05, 4.69) is 15.1 Å². The summed E-state index contributed by atoms with van der Waals surface area (Å²) >= 11 is 0. The van der Waals surface area contributed by atoms with Gasteiger partial charge in [0.2, 0.25) is 6.23 Å². The maximum Gasteiger partial charge on any atom is 0.434 e. The lowest BCUT2D eigenvalue weighted by Crippen LogP contribution is -2.42. The van der Waals surface area contributed by atoms with E-state index in [9.17, 15) is 29.4 Å². The van der Waals surface area contributed by atoms with Crippen molar-refractivity contribution >= 4 is 25.5 Å². The molecule has 18 nitrogen and oxygen atoms in total. The van der Waals surface area contributed by atoms with Gasteiger partial charge in [0.05, 0.1) is 27.4 Å². The number of methoxy groups -OCH3 is 1. The molecule has 3 aromatic rings. The highest BCUT2D eigenvalue weighted by atomic mass is 31.2. The summed E-state index contributed by atoms with van der Waals surface area (Å²) in [6.45, 7) is 1.30. The zero-order valence-electron chi connectivity index (χ0n) is 25.4. The van der Waals surface area contributed by atoms with Crippen LogP contribution in [0.3, 0.4) is 0 Å². The molecule has 47 heavy (non-hydrogen) atoms.